The fourth-order valence-electron chi connectivity index (χ4n) is 2.32. The molecule has 0 spiro atoms. The van der Waals surface area contributed by atoms with Gasteiger partial charge < -0.3 is 9.67 Å². The average molecular weight is 290 g/mol. The van der Waals surface area contributed by atoms with E-state index in [-0.39, 0.29) is 17.4 Å². The third-order valence-electron chi connectivity index (χ3n) is 3.39. The van der Waals surface area contributed by atoms with Crippen LogP contribution in [0.5, 0.6) is 0 Å². The number of benzene rings is 2. The first-order valence-electron chi connectivity index (χ1n) is 6.30. The van der Waals surface area contributed by atoms with Crippen LogP contribution in [0.25, 0.3) is 10.9 Å². The zero-order valence-electron chi connectivity index (χ0n) is 10.7. The highest BCUT2D eigenvalue weighted by atomic mass is 35.5. The van der Waals surface area contributed by atoms with Crippen LogP contribution in [0.1, 0.15) is 11.1 Å². The molecule has 1 heterocycles. The Hall–Kier alpha value is -1.84. The molecule has 0 saturated carbocycles. The number of aromatic nitrogens is 1. The van der Waals surface area contributed by atoms with Crippen LogP contribution in [-0.4, -0.2) is 9.67 Å². The van der Waals surface area contributed by atoms with Crippen LogP contribution >= 0.6 is 11.6 Å². The maximum absolute atomic E-state index is 14.0. The van der Waals surface area contributed by atoms with Crippen LogP contribution in [0, 0.1) is 5.82 Å². The number of aliphatic hydroxyl groups is 1. The van der Waals surface area contributed by atoms with Crippen molar-refractivity contribution in [2.45, 2.75) is 13.2 Å². The minimum atomic E-state index is -0.380. The number of aliphatic hydroxyl groups excluding tert-OH is 1. The van der Waals surface area contributed by atoms with Crippen LogP contribution < -0.4 is 0 Å². The van der Waals surface area contributed by atoms with Gasteiger partial charge in [-0.05, 0) is 29.1 Å². The second-order valence-electron chi connectivity index (χ2n) is 4.71. The van der Waals surface area contributed by atoms with Crippen LogP contribution in [0.3, 0.4) is 0 Å². The molecule has 2 nitrogen and oxygen atoms in total. The standard InChI is InChI=1S/C16H13ClFNO/c17-14-3-1-2-13(16(14)18)9-19-7-6-12-5-4-11(10-20)8-15(12)19/h1-8,20H,9-10H2. The molecule has 102 valence electrons. The topological polar surface area (TPSA) is 25.2 Å². The minimum Gasteiger partial charge on any atom is -0.392 e. The molecule has 0 aliphatic rings. The van der Waals surface area contributed by atoms with Crippen molar-refractivity contribution in [1.29, 1.82) is 0 Å². The first-order chi connectivity index (χ1) is 9.69. The van der Waals surface area contributed by atoms with E-state index in [2.05, 4.69) is 0 Å². The molecule has 0 bridgehead atoms. The molecule has 0 amide bonds. The number of rotatable bonds is 3. The molecule has 4 heteroatoms. The van der Waals surface area contributed by atoms with E-state index in [4.69, 9.17) is 11.6 Å². The highest BCUT2D eigenvalue weighted by Gasteiger charge is 2.08. The third-order valence-corrected chi connectivity index (χ3v) is 3.69. The van der Waals surface area contributed by atoms with Gasteiger partial charge in [-0.25, -0.2) is 4.39 Å². The van der Waals surface area contributed by atoms with E-state index in [1.54, 1.807) is 12.1 Å². The summed E-state index contributed by atoms with van der Waals surface area (Å²) in [5.41, 5.74) is 2.35. The Kier molecular flexibility index (Phi) is 3.47. The normalized spacial score (nSPS) is 11.2. The second-order valence-corrected chi connectivity index (χ2v) is 5.12. The molecule has 0 aliphatic carbocycles. The van der Waals surface area contributed by atoms with Gasteiger partial charge in [-0.3, -0.25) is 0 Å². The highest BCUT2D eigenvalue weighted by molar-refractivity contribution is 6.30. The molecular weight excluding hydrogens is 277 g/mol. The molecular formula is C16H13ClFNO. The Morgan fingerprint density at radius 2 is 2.00 bits per heavy atom. The lowest BCUT2D eigenvalue weighted by molar-refractivity contribution is 0.282. The van der Waals surface area contributed by atoms with Crippen LogP contribution in [0.2, 0.25) is 5.02 Å². The van der Waals surface area contributed by atoms with Gasteiger partial charge in [0.1, 0.15) is 5.82 Å². The third kappa shape index (κ3) is 2.30. The lowest BCUT2D eigenvalue weighted by atomic mass is 10.1. The SMILES string of the molecule is OCc1ccc2ccn(Cc3cccc(Cl)c3F)c2c1. The van der Waals surface area contributed by atoms with Gasteiger partial charge in [0.05, 0.1) is 18.2 Å². The van der Waals surface area contributed by atoms with E-state index < -0.39 is 0 Å². The molecule has 1 aromatic heterocycles. The summed E-state index contributed by atoms with van der Waals surface area (Å²) in [5, 5.41) is 10.4. The van der Waals surface area contributed by atoms with E-state index in [9.17, 15) is 9.50 Å². The van der Waals surface area contributed by atoms with Gasteiger partial charge in [-0.2, -0.15) is 0 Å². The summed E-state index contributed by atoms with van der Waals surface area (Å²) in [6.45, 7) is 0.400. The van der Waals surface area contributed by atoms with Crippen molar-refractivity contribution in [2.75, 3.05) is 0 Å². The van der Waals surface area contributed by atoms with Gasteiger partial charge in [0.25, 0.3) is 0 Å². The maximum atomic E-state index is 14.0. The molecule has 0 fully saturated rings. The van der Waals surface area contributed by atoms with Gasteiger partial charge in [-0.1, -0.05) is 35.9 Å². The number of hydrogen-bond acceptors (Lipinski definition) is 1. The number of halogens is 2. The molecule has 3 rings (SSSR count). The zero-order chi connectivity index (χ0) is 14.1. The summed E-state index contributed by atoms with van der Waals surface area (Å²) in [4.78, 5) is 0. The lowest BCUT2D eigenvalue weighted by Gasteiger charge is -2.08. The van der Waals surface area contributed by atoms with Crippen molar-refractivity contribution < 1.29 is 9.50 Å². The van der Waals surface area contributed by atoms with Crippen LogP contribution in [0.4, 0.5) is 4.39 Å². The summed E-state index contributed by atoms with van der Waals surface area (Å²) >= 11 is 5.80. The molecule has 20 heavy (non-hydrogen) atoms. The average Bonchev–Trinajstić information content (AvgIpc) is 2.86. The fourth-order valence-corrected chi connectivity index (χ4v) is 2.51. The first-order valence-corrected chi connectivity index (χ1v) is 6.68. The van der Waals surface area contributed by atoms with Crippen molar-refractivity contribution in [2.24, 2.45) is 0 Å². The smallest absolute Gasteiger partial charge is 0.146 e. The summed E-state index contributed by atoms with van der Waals surface area (Å²) in [6, 6.07) is 12.7. The number of hydrogen-bond donors (Lipinski definition) is 1. The highest BCUT2D eigenvalue weighted by Crippen LogP contribution is 2.22. The Labute approximate surface area is 121 Å². The number of fused-ring (bicyclic) bond motifs is 1. The maximum Gasteiger partial charge on any atom is 0.146 e. The van der Waals surface area contributed by atoms with E-state index in [1.807, 2.05) is 35.0 Å². The zero-order valence-corrected chi connectivity index (χ0v) is 11.4. The quantitative estimate of drug-likeness (QED) is 0.775. The van der Waals surface area contributed by atoms with Crippen LogP contribution in [0.15, 0.2) is 48.7 Å². The van der Waals surface area contributed by atoms with E-state index in [0.717, 1.165) is 16.5 Å². The predicted molar refractivity (Wildman–Crippen MR) is 78.4 cm³/mol. The summed E-state index contributed by atoms with van der Waals surface area (Å²) in [7, 11) is 0. The van der Waals surface area contributed by atoms with Crippen molar-refractivity contribution in [3.8, 4) is 0 Å². The first kappa shape index (κ1) is 13.2. The second kappa shape index (κ2) is 5.27. The van der Waals surface area contributed by atoms with Crippen molar-refractivity contribution in [3.05, 3.63) is 70.6 Å². The molecule has 0 radical (unpaired) electrons. The van der Waals surface area contributed by atoms with Crippen LogP contribution in [-0.2, 0) is 13.2 Å². The van der Waals surface area contributed by atoms with Gasteiger partial charge in [0.2, 0.25) is 0 Å². The van der Waals surface area contributed by atoms with Crippen molar-refractivity contribution in [3.63, 3.8) is 0 Å². The monoisotopic (exact) mass is 289 g/mol. The van der Waals surface area contributed by atoms with E-state index in [0.29, 0.717) is 12.1 Å². The minimum absolute atomic E-state index is 0.00730. The molecule has 3 aromatic rings. The van der Waals surface area contributed by atoms with Gasteiger partial charge in [0, 0.05) is 17.3 Å². The molecule has 0 atom stereocenters. The summed E-state index contributed by atoms with van der Waals surface area (Å²) < 4.78 is 15.9. The van der Waals surface area contributed by atoms with Gasteiger partial charge >= 0.3 is 0 Å². The summed E-state index contributed by atoms with van der Waals surface area (Å²) in [5.74, 6) is -0.380. The Morgan fingerprint density at radius 3 is 2.80 bits per heavy atom. The van der Waals surface area contributed by atoms with E-state index in [1.165, 1.54) is 6.07 Å². The van der Waals surface area contributed by atoms with Gasteiger partial charge in [-0.15, -0.1) is 0 Å². The van der Waals surface area contributed by atoms with E-state index >= 15 is 0 Å². The van der Waals surface area contributed by atoms with Crippen molar-refractivity contribution >= 4 is 22.5 Å². The Morgan fingerprint density at radius 1 is 1.15 bits per heavy atom. The lowest BCUT2D eigenvalue weighted by Crippen LogP contribution is -2.01. The molecule has 0 saturated heterocycles. The number of nitrogens with zero attached hydrogens (tertiary/aromatic N) is 1. The summed E-state index contributed by atoms with van der Waals surface area (Å²) in [6.07, 6.45) is 1.91. The molecule has 0 unspecified atom stereocenters. The molecule has 2 aromatic carbocycles. The molecule has 1 N–H and O–H groups in total. The Bertz CT molecular complexity index is 766. The largest absolute Gasteiger partial charge is 0.392 e. The Balaban J connectivity index is 2.04. The predicted octanol–water partition coefficient (Wildman–Crippen LogP) is 3.97. The van der Waals surface area contributed by atoms with Gasteiger partial charge in [0.15, 0.2) is 0 Å². The fraction of sp³-hybridized carbons (Fsp3) is 0.125. The molecule has 0 aliphatic heterocycles. The van der Waals surface area contributed by atoms with Crippen molar-refractivity contribution in [1.82, 2.24) is 4.57 Å².